The van der Waals surface area contributed by atoms with Crippen molar-refractivity contribution in [1.29, 1.82) is 0 Å². The number of rotatable bonds is 7. The summed E-state index contributed by atoms with van der Waals surface area (Å²) < 4.78 is 10.6. The van der Waals surface area contributed by atoms with Crippen LogP contribution in [0.15, 0.2) is 24.3 Å². The van der Waals surface area contributed by atoms with Crippen molar-refractivity contribution < 1.29 is 19.1 Å². The fourth-order valence-electron chi connectivity index (χ4n) is 2.37. The van der Waals surface area contributed by atoms with Gasteiger partial charge in [-0.2, -0.15) is 0 Å². The molecule has 0 spiro atoms. The molecule has 2 rings (SSSR count). The first-order valence-corrected chi connectivity index (χ1v) is 7.51. The predicted octanol–water partition coefficient (Wildman–Crippen LogP) is 1.20. The Kier molecular flexibility index (Phi) is 6.06. The molecule has 0 radical (unpaired) electrons. The maximum atomic E-state index is 11.8. The van der Waals surface area contributed by atoms with Gasteiger partial charge in [-0.3, -0.25) is 9.59 Å². The van der Waals surface area contributed by atoms with E-state index < -0.39 is 0 Å². The number of methoxy groups -OCH3 is 1. The number of nitrogens with one attached hydrogen (secondary N) is 1. The average Bonchev–Trinajstić information content (AvgIpc) is 3.07. The molecule has 2 amide bonds. The number of carbonyl (C=O) groups excluding carboxylic acids is 2. The van der Waals surface area contributed by atoms with Crippen LogP contribution < -0.4 is 14.8 Å². The van der Waals surface area contributed by atoms with E-state index in [0.29, 0.717) is 24.5 Å². The highest BCUT2D eigenvalue weighted by Crippen LogP contribution is 2.25. The first kappa shape index (κ1) is 16.1. The number of likely N-dealkylation sites (tertiary alicyclic amines) is 1. The van der Waals surface area contributed by atoms with E-state index in [1.807, 2.05) is 17.0 Å². The number of benzene rings is 1. The number of ether oxygens (including phenoxy) is 2. The standard InChI is InChI=1S/C16H22N2O4/c1-21-13-6-2-3-7-14(13)22-12-15(19)17-9-8-16(20)18-10-4-5-11-18/h2-3,6-7H,4-5,8-12H2,1H3,(H,17,19). The monoisotopic (exact) mass is 306 g/mol. The molecule has 1 aromatic carbocycles. The van der Waals surface area contributed by atoms with E-state index in [1.54, 1.807) is 19.2 Å². The summed E-state index contributed by atoms with van der Waals surface area (Å²) in [5.74, 6) is 0.955. The molecule has 1 N–H and O–H groups in total. The molecule has 1 saturated heterocycles. The van der Waals surface area contributed by atoms with Crippen LogP contribution in [0, 0.1) is 0 Å². The van der Waals surface area contributed by atoms with Gasteiger partial charge in [-0.15, -0.1) is 0 Å². The molecule has 6 heteroatoms. The summed E-state index contributed by atoms with van der Waals surface area (Å²) in [5, 5.41) is 2.69. The van der Waals surface area contributed by atoms with Crippen molar-refractivity contribution in [3.05, 3.63) is 24.3 Å². The van der Waals surface area contributed by atoms with Crippen LogP contribution in [-0.4, -0.2) is 50.1 Å². The Labute approximate surface area is 130 Å². The Morgan fingerprint density at radius 1 is 1.18 bits per heavy atom. The summed E-state index contributed by atoms with van der Waals surface area (Å²) in [6, 6.07) is 7.14. The van der Waals surface area contributed by atoms with Gasteiger partial charge in [0.2, 0.25) is 5.91 Å². The lowest BCUT2D eigenvalue weighted by molar-refractivity contribution is -0.130. The number of amides is 2. The van der Waals surface area contributed by atoms with Crippen molar-refractivity contribution in [2.45, 2.75) is 19.3 Å². The number of nitrogens with zero attached hydrogens (tertiary/aromatic N) is 1. The maximum absolute atomic E-state index is 11.8. The van der Waals surface area contributed by atoms with Gasteiger partial charge in [0.25, 0.3) is 5.91 Å². The molecule has 1 aliphatic heterocycles. The highest BCUT2D eigenvalue weighted by atomic mass is 16.5. The number of hydrogen-bond donors (Lipinski definition) is 1. The molecule has 1 heterocycles. The molecular weight excluding hydrogens is 284 g/mol. The summed E-state index contributed by atoms with van der Waals surface area (Å²) in [4.78, 5) is 25.4. The lowest BCUT2D eigenvalue weighted by Gasteiger charge is -2.15. The summed E-state index contributed by atoms with van der Waals surface area (Å²) in [6.45, 7) is 1.91. The lowest BCUT2D eigenvalue weighted by Crippen LogP contribution is -2.34. The van der Waals surface area contributed by atoms with Gasteiger partial charge in [0.05, 0.1) is 7.11 Å². The van der Waals surface area contributed by atoms with E-state index >= 15 is 0 Å². The molecule has 1 aromatic rings. The molecule has 0 saturated carbocycles. The van der Waals surface area contributed by atoms with Crippen molar-refractivity contribution in [3.8, 4) is 11.5 Å². The van der Waals surface area contributed by atoms with Crippen LogP contribution in [0.2, 0.25) is 0 Å². The molecule has 0 unspecified atom stereocenters. The molecule has 0 bridgehead atoms. The first-order valence-electron chi connectivity index (χ1n) is 7.51. The topological polar surface area (TPSA) is 67.9 Å². The highest BCUT2D eigenvalue weighted by molar-refractivity contribution is 5.80. The summed E-state index contributed by atoms with van der Waals surface area (Å²) in [5.41, 5.74) is 0. The van der Waals surface area contributed by atoms with Crippen LogP contribution in [0.1, 0.15) is 19.3 Å². The van der Waals surface area contributed by atoms with Gasteiger partial charge in [-0.25, -0.2) is 0 Å². The first-order chi connectivity index (χ1) is 10.7. The SMILES string of the molecule is COc1ccccc1OCC(=O)NCCC(=O)N1CCCC1. The van der Waals surface area contributed by atoms with Crippen LogP contribution in [0.4, 0.5) is 0 Å². The Hall–Kier alpha value is -2.24. The van der Waals surface area contributed by atoms with Crippen LogP contribution in [0.25, 0.3) is 0 Å². The van der Waals surface area contributed by atoms with Gasteiger partial charge in [0, 0.05) is 26.1 Å². The molecule has 0 atom stereocenters. The fraction of sp³-hybridized carbons (Fsp3) is 0.500. The third-order valence-corrected chi connectivity index (χ3v) is 3.55. The highest BCUT2D eigenvalue weighted by Gasteiger charge is 2.17. The van der Waals surface area contributed by atoms with Crippen molar-refractivity contribution in [2.75, 3.05) is 33.4 Å². The van der Waals surface area contributed by atoms with Gasteiger partial charge >= 0.3 is 0 Å². The van der Waals surface area contributed by atoms with E-state index in [-0.39, 0.29) is 18.4 Å². The van der Waals surface area contributed by atoms with Gasteiger partial charge in [0.1, 0.15) is 0 Å². The normalized spacial score (nSPS) is 13.8. The zero-order chi connectivity index (χ0) is 15.8. The van der Waals surface area contributed by atoms with Gasteiger partial charge < -0.3 is 19.7 Å². The third kappa shape index (κ3) is 4.65. The Morgan fingerprint density at radius 2 is 1.86 bits per heavy atom. The molecule has 6 nitrogen and oxygen atoms in total. The molecule has 0 aliphatic carbocycles. The van der Waals surface area contributed by atoms with E-state index in [9.17, 15) is 9.59 Å². The minimum absolute atomic E-state index is 0.0989. The number of hydrogen-bond acceptors (Lipinski definition) is 4. The second-order valence-electron chi connectivity index (χ2n) is 5.13. The molecule has 0 aromatic heterocycles. The summed E-state index contributed by atoms with van der Waals surface area (Å²) in [7, 11) is 1.55. The van der Waals surface area contributed by atoms with E-state index in [2.05, 4.69) is 5.32 Å². The number of para-hydroxylation sites is 2. The third-order valence-electron chi connectivity index (χ3n) is 3.55. The molecule has 120 valence electrons. The van der Waals surface area contributed by atoms with Crippen molar-refractivity contribution in [3.63, 3.8) is 0 Å². The minimum atomic E-state index is -0.250. The number of carbonyl (C=O) groups is 2. The van der Waals surface area contributed by atoms with E-state index in [1.165, 1.54) is 0 Å². The van der Waals surface area contributed by atoms with Crippen LogP contribution in [-0.2, 0) is 9.59 Å². The van der Waals surface area contributed by atoms with Crippen LogP contribution in [0.5, 0.6) is 11.5 Å². The van der Waals surface area contributed by atoms with Crippen LogP contribution >= 0.6 is 0 Å². The van der Waals surface area contributed by atoms with Crippen molar-refractivity contribution in [1.82, 2.24) is 10.2 Å². The summed E-state index contributed by atoms with van der Waals surface area (Å²) >= 11 is 0. The Balaban J connectivity index is 1.66. The second-order valence-corrected chi connectivity index (χ2v) is 5.13. The van der Waals surface area contributed by atoms with Crippen molar-refractivity contribution in [2.24, 2.45) is 0 Å². The van der Waals surface area contributed by atoms with Gasteiger partial charge in [-0.05, 0) is 25.0 Å². The van der Waals surface area contributed by atoms with E-state index in [4.69, 9.17) is 9.47 Å². The van der Waals surface area contributed by atoms with Crippen molar-refractivity contribution >= 4 is 11.8 Å². The largest absolute Gasteiger partial charge is 0.493 e. The Bertz CT molecular complexity index is 513. The second kappa shape index (κ2) is 8.26. The molecular formula is C16H22N2O4. The summed E-state index contributed by atoms with van der Waals surface area (Å²) in [6.07, 6.45) is 2.48. The van der Waals surface area contributed by atoms with Gasteiger partial charge in [0.15, 0.2) is 18.1 Å². The average molecular weight is 306 g/mol. The van der Waals surface area contributed by atoms with Gasteiger partial charge in [-0.1, -0.05) is 12.1 Å². The fourth-order valence-corrected chi connectivity index (χ4v) is 2.37. The maximum Gasteiger partial charge on any atom is 0.257 e. The quantitative estimate of drug-likeness (QED) is 0.822. The Morgan fingerprint density at radius 3 is 2.55 bits per heavy atom. The molecule has 22 heavy (non-hydrogen) atoms. The minimum Gasteiger partial charge on any atom is -0.493 e. The smallest absolute Gasteiger partial charge is 0.257 e. The lowest BCUT2D eigenvalue weighted by atomic mass is 10.3. The zero-order valence-electron chi connectivity index (χ0n) is 12.8. The molecule has 1 aliphatic rings. The van der Waals surface area contributed by atoms with Crippen LogP contribution in [0.3, 0.4) is 0 Å². The predicted molar refractivity (Wildman–Crippen MR) is 81.9 cm³/mol. The molecule has 1 fully saturated rings. The zero-order valence-corrected chi connectivity index (χ0v) is 12.8. The van der Waals surface area contributed by atoms with E-state index in [0.717, 1.165) is 25.9 Å².